The van der Waals surface area contributed by atoms with Gasteiger partial charge < -0.3 is 0 Å². The van der Waals surface area contributed by atoms with Crippen molar-refractivity contribution in [2.45, 2.75) is 0 Å². The summed E-state index contributed by atoms with van der Waals surface area (Å²) in [6.45, 7) is 0. The lowest BCUT2D eigenvalue weighted by Crippen LogP contribution is -1.97. The van der Waals surface area contributed by atoms with Gasteiger partial charge >= 0.3 is 0 Å². The molecule has 0 radical (unpaired) electrons. The van der Waals surface area contributed by atoms with Crippen LogP contribution in [0, 0.1) is 0 Å². The minimum Gasteiger partial charge on any atom is -0.228 e. The van der Waals surface area contributed by atoms with Crippen LogP contribution >= 0.6 is 0 Å². The minimum absolute atomic E-state index is 0.699. The number of hydrogen-bond donors (Lipinski definition) is 0. The molecule has 0 saturated carbocycles. The summed E-state index contributed by atoms with van der Waals surface area (Å²) in [6.07, 6.45) is 0. The van der Waals surface area contributed by atoms with Crippen LogP contribution in [0.4, 0.5) is 0 Å². The number of aromatic nitrogens is 2. The van der Waals surface area contributed by atoms with E-state index in [2.05, 4.69) is 188 Å². The van der Waals surface area contributed by atoms with E-state index in [4.69, 9.17) is 9.97 Å². The first-order chi connectivity index (χ1) is 25.8. The van der Waals surface area contributed by atoms with E-state index in [1.807, 2.05) is 6.07 Å². The van der Waals surface area contributed by atoms with Crippen LogP contribution in [0.3, 0.4) is 0 Å². The monoisotopic (exact) mass is 660 g/mol. The maximum atomic E-state index is 5.39. The van der Waals surface area contributed by atoms with Crippen molar-refractivity contribution in [3.63, 3.8) is 0 Å². The summed E-state index contributed by atoms with van der Waals surface area (Å²) >= 11 is 0. The number of benzene rings is 9. The van der Waals surface area contributed by atoms with E-state index in [1.54, 1.807) is 0 Å². The lowest BCUT2D eigenvalue weighted by molar-refractivity contribution is 1.19. The average molecular weight is 661 g/mol. The largest absolute Gasteiger partial charge is 0.228 e. The molecule has 0 amide bonds. The fourth-order valence-corrected chi connectivity index (χ4v) is 7.71. The van der Waals surface area contributed by atoms with Gasteiger partial charge in [0, 0.05) is 16.7 Å². The Morgan fingerprint density at radius 1 is 0.269 bits per heavy atom. The van der Waals surface area contributed by atoms with Gasteiger partial charge in [0.2, 0.25) is 0 Å². The van der Waals surface area contributed by atoms with Crippen molar-refractivity contribution in [2.24, 2.45) is 0 Å². The summed E-state index contributed by atoms with van der Waals surface area (Å²) < 4.78 is 0. The Balaban J connectivity index is 1.22. The van der Waals surface area contributed by atoms with Crippen LogP contribution in [0.25, 0.3) is 99.2 Å². The Morgan fingerprint density at radius 3 is 1.67 bits per heavy atom. The van der Waals surface area contributed by atoms with Gasteiger partial charge in [-0.25, -0.2) is 9.97 Å². The first-order valence-corrected chi connectivity index (χ1v) is 17.7. The maximum Gasteiger partial charge on any atom is 0.160 e. The lowest BCUT2D eigenvalue weighted by Gasteiger charge is -2.16. The lowest BCUT2D eigenvalue weighted by atomic mass is 9.91. The molecule has 0 aliphatic heterocycles. The summed E-state index contributed by atoms with van der Waals surface area (Å²) in [7, 11) is 0. The fraction of sp³-hybridized carbons (Fsp3) is 0. The van der Waals surface area contributed by atoms with E-state index in [9.17, 15) is 0 Å². The molecule has 1 heterocycles. The first-order valence-electron chi connectivity index (χ1n) is 17.7. The van der Waals surface area contributed by atoms with Crippen LogP contribution in [-0.2, 0) is 0 Å². The zero-order chi connectivity index (χ0) is 34.4. The quantitative estimate of drug-likeness (QED) is 0.136. The molecular formula is C50H32N2. The SMILES string of the molecule is c1ccc(-c2ccc(-c3nc(-c4cccc(-c5cccc6ccccc56)c4)cc(-c4c5ccccc5cc5c4ccc4ccccc45)n3)cc2)cc1. The van der Waals surface area contributed by atoms with Gasteiger partial charge in [-0.05, 0) is 83.5 Å². The van der Waals surface area contributed by atoms with Crippen LogP contribution in [0.15, 0.2) is 194 Å². The van der Waals surface area contributed by atoms with E-state index in [1.165, 1.54) is 54.2 Å². The number of rotatable bonds is 5. The highest BCUT2D eigenvalue weighted by Crippen LogP contribution is 2.41. The summed E-state index contributed by atoms with van der Waals surface area (Å²) in [5.74, 6) is 0.699. The van der Waals surface area contributed by atoms with Crippen LogP contribution in [0.1, 0.15) is 0 Å². The van der Waals surface area contributed by atoms with Gasteiger partial charge in [-0.15, -0.1) is 0 Å². The molecule has 1 aromatic heterocycles. The van der Waals surface area contributed by atoms with Crippen molar-refractivity contribution in [1.82, 2.24) is 9.97 Å². The predicted octanol–water partition coefficient (Wildman–Crippen LogP) is 13.4. The second-order valence-electron chi connectivity index (χ2n) is 13.4. The minimum atomic E-state index is 0.699. The molecule has 9 aromatic carbocycles. The van der Waals surface area contributed by atoms with Crippen molar-refractivity contribution in [3.05, 3.63) is 194 Å². The number of fused-ring (bicyclic) bond motifs is 5. The second-order valence-corrected chi connectivity index (χ2v) is 13.4. The summed E-state index contributed by atoms with van der Waals surface area (Å²) in [5, 5.41) is 9.68. The van der Waals surface area contributed by atoms with Crippen LogP contribution in [0.5, 0.6) is 0 Å². The van der Waals surface area contributed by atoms with Gasteiger partial charge in [0.1, 0.15) is 0 Å². The molecule has 10 aromatic rings. The summed E-state index contributed by atoms with van der Waals surface area (Å²) in [6, 6.07) is 69.3. The molecule has 10 rings (SSSR count). The van der Waals surface area contributed by atoms with Gasteiger partial charge in [-0.1, -0.05) is 176 Å². The summed E-state index contributed by atoms with van der Waals surface area (Å²) in [5.41, 5.74) is 9.64. The van der Waals surface area contributed by atoms with Gasteiger partial charge in [-0.3, -0.25) is 0 Å². The Bertz CT molecular complexity index is 2940. The molecule has 0 saturated heterocycles. The van der Waals surface area contributed by atoms with E-state index in [-0.39, 0.29) is 0 Å². The van der Waals surface area contributed by atoms with Gasteiger partial charge in [0.05, 0.1) is 11.4 Å². The van der Waals surface area contributed by atoms with E-state index in [0.29, 0.717) is 5.82 Å². The maximum absolute atomic E-state index is 5.39. The molecule has 52 heavy (non-hydrogen) atoms. The third-order valence-corrected chi connectivity index (χ3v) is 10.3. The normalized spacial score (nSPS) is 11.5. The van der Waals surface area contributed by atoms with Crippen LogP contribution < -0.4 is 0 Å². The Morgan fingerprint density at radius 2 is 0.846 bits per heavy atom. The fourth-order valence-electron chi connectivity index (χ4n) is 7.71. The molecule has 0 spiro atoms. The Labute approximate surface area is 302 Å². The Hall–Kier alpha value is -6.90. The molecule has 0 bridgehead atoms. The molecule has 0 aliphatic rings. The molecule has 2 heteroatoms. The molecule has 0 atom stereocenters. The number of hydrogen-bond acceptors (Lipinski definition) is 2. The highest BCUT2D eigenvalue weighted by Gasteiger charge is 2.17. The highest BCUT2D eigenvalue weighted by molar-refractivity contribution is 6.19. The van der Waals surface area contributed by atoms with E-state index < -0.39 is 0 Å². The van der Waals surface area contributed by atoms with E-state index >= 15 is 0 Å². The van der Waals surface area contributed by atoms with E-state index in [0.717, 1.165) is 39.2 Å². The molecule has 0 N–H and O–H groups in total. The zero-order valence-corrected chi connectivity index (χ0v) is 28.4. The molecule has 0 unspecified atom stereocenters. The highest BCUT2D eigenvalue weighted by atomic mass is 14.9. The topological polar surface area (TPSA) is 25.8 Å². The van der Waals surface area contributed by atoms with Gasteiger partial charge in [0.15, 0.2) is 5.82 Å². The Kier molecular flexibility index (Phi) is 7.18. The molecule has 2 nitrogen and oxygen atoms in total. The third kappa shape index (κ3) is 5.21. The molecule has 242 valence electrons. The number of nitrogens with zero attached hydrogens (tertiary/aromatic N) is 2. The molecule has 0 fully saturated rings. The average Bonchev–Trinajstić information content (AvgIpc) is 3.23. The predicted molar refractivity (Wildman–Crippen MR) is 219 cm³/mol. The molecular weight excluding hydrogens is 629 g/mol. The van der Waals surface area contributed by atoms with Crippen molar-refractivity contribution in [2.75, 3.05) is 0 Å². The molecule has 0 aliphatic carbocycles. The van der Waals surface area contributed by atoms with Gasteiger partial charge in [-0.2, -0.15) is 0 Å². The van der Waals surface area contributed by atoms with Gasteiger partial charge in [0.25, 0.3) is 0 Å². The van der Waals surface area contributed by atoms with Crippen molar-refractivity contribution in [1.29, 1.82) is 0 Å². The van der Waals surface area contributed by atoms with Crippen LogP contribution in [-0.4, -0.2) is 9.97 Å². The zero-order valence-electron chi connectivity index (χ0n) is 28.4. The van der Waals surface area contributed by atoms with Crippen molar-refractivity contribution >= 4 is 43.1 Å². The smallest absolute Gasteiger partial charge is 0.160 e. The van der Waals surface area contributed by atoms with Crippen molar-refractivity contribution in [3.8, 4) is 56.2 Å². The van der Waals surface area contributed by atoms with Crippen LogP contribution in [0.2, 0.25) is 0 Å². The standard InChI is InChI=1S/C50H32N2/c1-2-12-33(13-3-1)34-24-26-37(27-25-34)50-51-47(40-19-10-18-38(30-40)43-23-11-17-35-14-4-7-20-41(35)43)32-48(52-50)49-44-22-9-6-16-39(44)31-46-42-21-8-5-15-36(42)28-29-45(46)49/h1-32H. The third-order valence-electron chi connectivity index (χ3n) is 10.3. The first kappa shape index (κ1) is 30.0. The van der Waals surface area contributed by atoms with Crippen molar-refractivity contribution < 1.29 is 0 Å². The second kappa shape index (κ2) is 12.5. The summed E-state index contributed by atoms with van der Waals surface area (Å²) in [4.78, 5) is 10.7.